The van der Waals surface area contributed by atoms with Gasteiger partial charge in [-0.15, -0.1) is 0 Å². The van der Waals surface area contributed by atoms with E-state index in [-0.39, 0.29) is 12.1 Å². The number of nitrogens with zero attached hydrogens (tertiary/aromatic N) is 2. The molecule has 6 nitrogen and oxygen atoms in total. The Morgan fingerprint density at radius 1 is 1.47 bits per heavy atom. The average Bonchev–Trinajstić information content (AvgIpc) is 2.98. The molecule has 6 heteroatoms. The maximum absolute atomic E-state index is 5.73. The van der Waals surface area contributed by atoms with Crippen LogP contribution in [-0.2, 0) is 0 Å². The van der Waals surface area contributed by atoms with Gasteiger partial charge in [-0.05, 0) is 26.8 Å². The largest absolute Gasteiger partial charge is 0.493 e. The molecular weight excluding hydrogens is 244 g/mol. The average molecular weight is 264 g/mol. The van der Waals surface area contributed by atoms with Gasteiger partial charge in [0.25, 0.3) is 0 Å². The second-order valence-corrected chi connectivity index (χ2v) is 4.67. The van der Waals surface area contributed by atoms with Crippen molar-refractivity contribution in [2.75, 3.05) is 7.11 Å². The zero-order valence-electron chi connectivity index (χ0n) is 11.7. The lowest BCUT2D eigenvalue weighted by atomic mass is 10.0. The molecule has 0 aromatic carbocycles. The molecule has 2 rings (SSSR count). The summed E-state index contributed by atoms with van der Waals surface area (Å²) in [6, 6.07) is 1.89. The lowest BCUT2D eigenvalue weighted by Crippen LogP contribution is -2.31. The van der Waals surface area contributed by atoms with Crippen molar-refractivity contribution in [2.24, 2.45) is 5.84 Å². The molecule has 2 aromatic rings. The van der Waals surface area contributed by atoms with E-state index in [4.69, 9.17) is 15.0 Å². The first kappa shape index (κ1) is 13.6. The van der Waals surface area contributed by atoms with Crippen molar-refractivity contribution in [1.82, 2.24) is 15.2 Å². The highest BCUT2D eigenvalue weighted by Gasteiger charge is 2.26. The normalized spacial score (nSPS) is 12.9. The quantitative estimate of drug-likeness (QED) is 0.637. The first-order valence-corrected chi connectivity index (χ1v) is 6.21. The highest BCUT2D eigenvalue weighted by atomic mass is 16.5. The van der Waals surface area contributed by atoms with E-state index in [1.807, 2.05) is 17.7 Å². The van der Waals surface area contributed by atoms with Gasteiger partial charge in [0.15, 0.2) is 5.75 Å². The Balaban J connectivity index is 2.54. The topological polar surface area (TPSA) is 78.2 Å². The number of methoxy groups -OCH3 is 1. The number of aromatic nitrogens is 2. The van der Waals surface area contributed by atoms with Gasteiger partial charge in [-0.1, -0.05) is 0 Å². The summed E-state index contributed by atoms with van der Waals surface area (Å²) >= 11 is 0. The third kappa shape index (κ3) is 2.36. The lowest BCUT2D eigenvalue weighted by molar-refractivity contribution is 0.393. The van der Waals surface area contributed by atoms with Crippen LogP contribution in [0, 0.1) is 6.92 Å². The van der Waals surface area contributed by atoms with Gasteiger partial charge < -0.3 is 9.15 Å². The van der Waals surface area contributed by atoms with Crippen LogP contribution in [0.4, 0.5) is 0 Å². The lowest BCUT2D eigenvalue weighted by Gasteiger charge is -2.20. The molecule has 19 heavy (non-hydrogen) atoms. The summed E-state index contributed by atoms with van der Waals surface area (Å²) in [5, 5.41) is 4.36. The molecule has 2 heterocycles. The molecule has 0 amide bonds. The number of hydrazine groups is 1. The van der Waals surface area contributed by atoms with Crippen molar-refractivity contribution in [3.05, 3.63) is 35.5 Å². The van der Waals surface area contributed by atoms with Crippen LogP contribution in [0.15, 0.2) is 22.9 Å². The van der Waals surface area contributed by atoms with E-state index in [1.165, 1.54) is 0 Å². The van der Waals surface area contributed by atoms with Gasteiger partial charge in [0.1, 0.15) is 11.5 Å². The first-order valence-electron chi connectivity index (χ1n) is 6.21. The molecular formula is C13H20N4O2. The zero-order chi connectivity index (χ0) is 14.0. The number of hydrogen-bond donors (Lipinski definition) is 2. The Morgan fingerprint density at radius 3 is 2.68 bits per heavy atom. The predicted molar refractivity (Wildman–Crippen MR) is 71.8 cm³/mol. The standard InChI is InChI=1S/C13H20N4O2/c1-8(2)17-13(11(18-4)7-15-17)12(16-14)10-5-6-19-9(10)3/h5-8,12,16H,14H2,1-4H3. The number of ether oxygens (including phenoxy) is 1. The Kier molecular flexibility index (Phi) is 3.92. The highest BCUT2D eigenvalue weighted by molar-refractivity contribution is 5.37. The second-order valence-electron chi connectivity index (χ2n) is 4.67. The van der Waals surface area contributed by atoms with Gasteiger partial charge in [-0.2, -0.15) is 5.10 Å². The summed E-state index contributed by atoms with van der Waals surface area (Å²) in [4.78, 5) is 0. The van der Waals surface area contributed by atoms with Gasteiger partial charge in [-0.3, -0.25) is 10.5 Å². The maximum atomic E-state index is 5.73. The molecule has 0 spiro atoms. The van der Waals surface area contributed by atoms with E-state index < -0.39 is 0 Å². The summed E-state index contributed by atoms with van der Waals surface area (Å²) < 4.78 is 12.6. The molecule has 3 N–H and O–H groups in total. The second kappa shape index (κ2) is 5.46. The number of hydrogen-bond acceptors (Lipinski definition) is 5. The Labute approximate surface area is 112 Å². The van der Waals surface area contributed by atoms with Crippen LogP contribution in [0.5, 0.6) is 5.75 Å². The van der Waals surface area contributed by atoms with Crippen molar-refractivity contribution < 1.29 is 9.15 Å². The Morgan fingerprint density at radius 2 is 2.21 bits per heavy atom. The minimum absolute atomic E-state index is 0.210. The van der Waals surface area contributed by atoms with Crippen LogP contribution in [0.25, 0.3) is 0 Å². The van der Waals surface area contributed by atoms with E-state index >= 15 is 0 Å². The highest BCUT2D eigenvalue weighted by Crippen LogP contribution is 2.33. The summed E-state index contributed by atoms with van der Waals surface area (Å²) in [7, 11) is 1.63. The van der Waals surface area contributed by atoms with Gasteiger partial charge in [-0.25, -0.2) is 5.43 Å². The van der Waals surface area contributed by atoms with E-state index in [0.717, 1.165) is 17.0 Å². The smallest absolute Gasteiger partial charge is 0.161 e. The van der Waals surface area contributed by atoms with Gasteiger partial charge in [0.2, 0.25) is 0 Å². The fourth-order valence-corrected chi connectivity index (χ4v) is 2.21. The zero-order valence-corrected chi connectivity index (χ0v) is 11.7. The molecule has 0 aliphatic heterocycles. The third-order valence-electron chi connectivity index (χ3n) is 3.16. The van der Waals surface area contributed by atoms with E-state index in [1.54, 1.807) is 19.6 Å². The molecule has 0 fully saturated rings. The van der Waals surface area contributed by atoms with Gasteiger partial charge in [0, 0.05) is 11.6 Å². The van der Waals surface area contributed by atoms with E-state index in [2.05, 4.69) is 24.4 Å². The molecule has 0 saturated carbocycles. The predicted octanol–water partition coefficient (Wildman–Crippen LogP) is 1.93. The van der Waals surface area contributed by atoms with E-state index in [9.17, 15) is 0 Å². The van der Waals surface area contributed by atoms with Crippen molar-refractivity contribution in [3.8, 4) is 5.75 Å². The molecule has 0 saturated heterocycles. The van der Waals surface area contributed by atoms with E-state index in [0.29, 0.717) is 5.75 Å². The van der Waals surface area contributed by atoms with Crippen molar-refractivity contribution in [3.63, 3.8) is 0 Å². The molecule has 1 atom stereocenters. The molecule has 0 radical (unpaired) electrons. The van der Waals surface area contributed by atoms with Crippen LogP contribution in [0.1, 0.15) is 42.9 Å². The van der Waals surface area contributed by atoms with Gasteiger partial charge >= 0.3 is 0 Å². The molecule has 0 aliphatic rings. The van der Waals surface area contributed by atoms with Crippen LogP contribution in [-0.4, -0.2) is 16.9 Å². The summed E-state index contributed by atoms with van der Waals surface area (Å²) in [5.74, 6) is 7.26. The SMILES string of the molecule is COc1cnn(C(C)C)c1C(NN)c1ccoc1C. The van der Waals surface area contributed by atoms with Crippen molar-refractivity contribution in [2.45, 2.75) is 32.9 Å². The summed E-state index contributed by atoms with van der Waals surface area (Å²) in [5.41, 5.74) is 4.69. The number of nitrogens with one attached hydrogen (secondary N) is 1. The fourth-order valence-electron chi connectivity index (χ4n) is 2.21. The maximum Gasteiger partial charge on any atom is 0.161 e. The molecule has 104 valence electrons. The summed E-state index contributed by atoms with van der Waals surface area (Å²) in [6.45, 7) is 6.03. The van der Waals surface area contributed by atoms with Crippen LogP contribution in [0.2, 0.25) is 0 Å². The fraction of sp³-hybridized carbons (Fsp3) is 0.462. The molecule has 0 bridgehead atoms. The Hall–Kier alpha value is -1.79. The molecule has 0 aliphatic carbocycles. The van der Waals surface area contributed by atoms with Crippen LogP contribution in [0.3, 0.4) is 0 Å². The van der Waals surface area contributed by atoms with Crippen molar-refractivity contribution in [1.29, 1.82) is 0 Å². The van der Waals surface area contributed by atoms with Gasteiger partial charge in [0.05, 0.1) is 25.6 Å². The molecule has 2 aromatic heterocycles. The Bertz CT molecular complexity index is 545. The minimum Gasteiger partial charge on any atom is -0.493 e. The van der Waals surface area contributed by atoms with Crippen LogP contribution >= 0.6 is 0 Å². The monoisotopic (exact) mass is 264 g/mol. The minimum atomic E-state index is -0.224. The number of aryl methyl sites for hydroxylation is 1. The number of furan rings is 1. The number of rotatable bonds is 5. The molecule has 1 unspecified atom stereocenters. The summed E-state index contributed by atoms with van der Waals surface area (Å²) in [6.07, 6.45) is 3.35. The first-order chi connectivity index (χ1) is 9.10. The van der Waals surface area contributed by atoms with Crippen molar-refractivity contribution >= 4 is 0 Å². The number of nitrogens with two attached hydrogens (primary N) is 1. The third-order valence-corrected chi connectivity index (χ3v) is 3.16. The van der Waals surface area contributed by atoms with Crippen LogP contribution < -0.4 is 16.0 Å².